The van der Waals surface area contributed by atoms with Crippen LogP contribution < -0.4 is 10.4 Å². The summed E-state index contributed by atoms with van der Waals surface area (Å²) in [5, 5.41) is 10.00. The molecule has 1 aromatic heterocycles. The van der Waals surface area contributed by atoms with Gasteiger partial charge in [-0.25, -0.2) is 0 Å². The van der Waals surface area contributed by atoms with Crippen molar-refractivity contribution in [3.63, 3.8) is 0 Å². The highest BCUT2D eigenvalue weighted by atomic mass is 28.3. The fourth-order valence-corrected chi connectivity index (χ4v) is 7.12. The van der Waals surface area contributed by atoms with E-state index in [0.717, 1.165) is 0 Å². The van der Waals surface area contributed by atoms with Gasteiger partial charge in [0.2, 0.25) is 0 Å². The Balaban J connectivity index is 2.26. The summed E-state index contributed by atoms with van der Waals surface area (Å²) in [5.74, 6) is 0. The Morgan fingerprint density at radius 1 is 0.714 bits per heavy atom. The maximum Gasteiger partial charge on any atom is 0.114 e. The fourth-order valence-electron chi connectivity index (χ4n) is 4.08. The van der Waals surface area contributed by atoms with Crippen molar-refractivity contribution < 1.29 is 0 Å². The van der Waals surface area contributed by atoms with Crippen LogP contribution in [0.4, 0.5) is 0 Å². The maximum absolute atomic E-state index is 4.74. The lowest BCUT2D eigenvalue weighted by molar-refractivity contribution is 1.44. The zero-order chi connectivity index (χ0) is 14.2. The van der Waals surface area contributed by atoms with E-state index in [2.05, 4.69) is 61.6 Å². The van der Waals surface area contributed by atoms with Crippen molar-refractivity contribution in [3.05, 3.63) is 54.7 Å². The molecule has 1 aliphatic heterocycles. The number of fused-ring (bicyclic) bond motifs is 3. The quantitative estimate of drug-likeness (QED) is 0.355. The minimum atomic E-state index is -1.58. The topological polar surface area (TPSA) is 12.9 Å². The molecule has 0 aliphatic carbocycles. The van der Waals surface area contributed by atoms with Crippen LogP contribution in [0.25, 0.3) is 32.4 Å². The van der Waals surface area contributed by atoms with E-state index in [4.69, 9.17) is 4.98 Å². The summed E-state index contributed by atoms with van der Waals surface area (Å²) in [7, 11) is -1.58. The SMILES string of the molecule is C[Si]1(C)c2cccc3c4ccccc4c4nccc1c4c23. The normalized spacial score (nSPS) is 15.5. The van der Waals surface area contributed by atoms with E-state index >= 15 is 0 Å². The molecule has 0 radical (unpaired) electrons. The van der Waals surface area contributed by atoms with Gasteiger partial charge < -0.3 is 0 Å². The highest BCUT2D eigenvalue weighted by molar-refractivity contribution is 7.05. The average molecular weight is 285 g/mol. The fraction of sp³-hybridized carbons (Fsp3) is 0.105. The Hall–Kier alpha value is -2.19. The van der Waals surface area contributed by atoms with E-state index in [0.29, 0.717) is 0 Å². The first-order valence-corrected chi connectivity index (χ1v) is 10.4. The molecule has 0 saturated carbocycles. The zero-order valence-electron chi connectivity index (χ0n) is 12.1. The summed E-state index contributed by atoms with van der Waals surface area (Å²) in [6.45, 7) is 4.92. The molecule has 0 bridgehead atoms. The molecule has 0 saturated heterocycles. The minimum Gasteiger partial charge on any atom is -0.256 e. The van der Waals surface area contributed by atoms with Gasteiger partial charge in [0.05, 0.1) is 5.52 Å². The van der Waals surface area contributed by atoms with Crippen molar-refractivity contribution in [2.45, 2.75) is 13.1 Å². The smallest absolute Gasteiger partial charge is 0.114 e. The molecule has 0 unspecified atom stereocenters. The molecule has 1 nitrogen and oxygen atoms in total. The third-order valence-corrected chi connectivity index (χ3v) is 8.61. The van der Waals surface area contributed by atoms with Crippen molar-refractivity contribution in [3.8, 4) is 0 Å². The van der Waals surface area contributed by atoms with E-state index in [1.165, 1.54) is 32.4 Å². The molecular formula is C19H15NSi. The van der Waals surface area contributed by atoms with E-state index in [-0.39, 0.29) is 0 Å². The van der Waals surface area contributed by atoms with Crippen LogP contribution in [0.2, 0.25) is 13.1 Å². The van der Waals surface area contributed by atoms with Crippen LogP contribution in [-0.2, 0) is 0 Å². The molecule has 4 aromatic rings. The minimum absolute atomic E-state index is 1.18. The first-order chi connectivity index (χ1) is 10.2. The summed E-state index contributed by atoms with van der Waals surface area (Å²) >= 11 is 0. The predicted molar refractivity (Wildman–Crippen MR) is 93.5 cm³/mol. The zero-order valence-corrected chi connectivity index (χ0v) is 13.1. The Morgan fingerprint density at radius 3 is 2.29 bits per heavy atom. The molecule has 0 atom stereocenters. The van der Waals surface area contributed by atoms with Crippen LogP contribution in [0.5, 0.6) is 0 Å². The lowest BCUT2D eigenvalue weighted by Gasteiger charge is -2.18. The third kappa shape index (κ3) is 1.20. The Labute approximate surface area is 124 Å². The van der Waals surface area contributed by atoms with Gasteiger partial charge in [-0.05, 0) is 32.6 Å². The van der Waals surface area contributed by atoms with Gasteiger partial charge in [-0.15, -0.1) is 0 Å². The second kappa shape index (κ2) is 3.52. The monoisotopic (exact) mass is 285 g/mol. The molecule has 3 aromatic carbocycles. The van der Waals surface area contributed by atoms with Crippen LogP contribution >= 0.6 is 0 Å². The molecular weight excluding hydrogens is 270 g/mol. The standard InChI is InChI=1S/C19H15NSi/c1-21(2)15-9-5-8-13-12-6-3-4-7-14(12)19-18(17(13)15)16(21)10-11-20-19/h3-11H,1-2H3. The molecule has 1 aliphatic rings. The Morgan fingerprint density at radius 2 is 1.43 bits per heavy atom. The molecule has 0 amide bonds. The summed E-state index contributed by atoms with van der Waals surface area (Å²) in [6.07, 6.45) is 2.00. The molecule has 0 N–H and O–H groups in total. The van der Waals surface area contributed by atoms with Crippen LogP contribution in [0.3, 0.4) is 0 Å². The highest BCUT2D eigenvalue weighted by Crippen LogP contribution is 2.36. The number of benzene rings is 3. The Kier molecular flexibility index (Phi) is 1.92. The highest BCUT2D eigenvalue weighted by Gasteiger charge is 2.36. The molecule has 0 fully saturated rings. The molecule has 2 heterocycles. The van der Waals surface area contributed by atoms with E-state index in [1.54, 1.807) is 10.4 Å². The average Bonchev–Trinajstić information content (AvgIpc) is 2.76. The number of rotatable bonds is 0. The summed E-state index contributed by atoms with van der Waals surface area (Å²) < 4.78 is 0. The Bertz CT molecular complexity index is 979. The first-order valence-electron chi connectivity index (χ1n) is 7.43. The van der Waals surface area contributed by atoms with Gasteiger partial charge in [0.1, 0.15) is 8.07 Å². The van der Waals surface area contributed by atoms with Gasteiger partial charge in [0, 0.05) is 17.0 Å². The van der Waals surface area contributed by atoms with Gasteiger partial charge in [0.15, 0.2) is 0 Å². The molecule has 21 heavy (non-hydrogen) atoms. The van der Waals surface area contributed by atoms with E-state index < -0.39 is 8.07 Å². The van der Waals surface area contributed by atoms with Crippen molar-refractivity contribution in [1.82, 2.24) is 4.98 Å². The number of hydrogen-bond acceptors (Lipinski definition) is 1. The van der Waals surface area contributed by atoms with Gasteiger partial charge in [-0.2, -0.15) is 0 Å². The number of nitrogens with zero attached hydrogens (tertiary/aromatic N) is 1. The van der Waals surface area contributed by atoms with Gasteiger partial charge in [-0.1, -0.05) is 55.6 Å². The van der Waals surface area contributed by atoms with Crippen molar-refractivity contribution in [1.29, 1.82) is 0 Å². The lowest BCUT2D eigenvalue weighted by Crippen LogP contribution is -2.49. The van der Waals surface area contributed by atoms with E-state index in [1.807, 2.05) is 6.20 Å². The number of hydrogen-bond donors (Lipinski definition) is 0. The second-order valence-corrected chi connectivity index (χ2v) is 10.8. The molecule has 0 spiro atoms. The van der Waals surface area contributed by atoms with Gasteiger partial charge in [-0.3, -0.25) is 4.98 Å². The summed E-state index contributed by atoms with van der Waals surface area (Å²) in [4.78, 5) is 4.74. The number of aromatic nitrogens is 1. The van der Waals surface area contributed by atoms with Crippen LogP contribution in [0.1, 0.15) is 0 Å². The van der Waals surface area contributed by atoms with E-state index in [9.17, 15) is 0 Å². The second-order valence-electron chi connectivity index (χ2n) is 6.48. The maximum atomic E-state index is 4.74. The third-order valence-electron chi connectivity index (χ3n) is 5.08. The van der Waals surface area contributed by atoms with Crippen LogP contribution in [0.15, 0.2) is 54.7 Å². The lowest BCUT2D eigenvalue weighted by atomic mass is 9.97. The summed E-state index contributed by atoms with van der Waals surface area (Å²) in [5.41, 5.74) is 1.18. The van der Waals surface area contributed by atoms with Crippen molar-refractivity contribution >= 4 is 50.9 Å². The van der Waals surface area contributed by atoms with Gasteiger partial charge >= 0.3 is 0 Å². The van der Waals surface area contributed by atoms with Crippen LogP contribution in [-0.4, -0.2) is 13.1 Å². The number of pyridine rings is 1. The van der Waals surface area contributed by atoms with Gasteiger partial charge in [0.25, 0.3) is 0 Å². The predicted octanol–water partition coefficient (Wildman–Crippen LogP) is 3.68. The molecule has 5 rings (SSSR count). The van der Waals surface area contributed by atoms with Crippen molar-refractivity contribution in [2.24, 2.45) is 0 Å². The molecule has 100 valence electrons. The first kappa shape index (κ1) is 11.5. The van der Waals surface area contributed by atoms with Crippen molar-refractivity contribution in [2.75, 3.05) is 0 Å². The van der Waals surface area contributed by atoms with Crippen LogP contribution in [0, 0.1) is 0 Å². The summed E-state index contributed by atoms with van der Waals surface area (Å²) in [6, 6.07) is 17.8. The largest absolute Gasteiger partial charge is 0.256 e. The molecule has 2 heteroatoms.